The first-order valence-corrected chi connectivity index (χ1v) is 12.2. The number of sulfonamides is 1. The smallest absolute Gasteiger partial charge is 0.240 e. The van der Waals surface area contributed by atoms with Gasteiger partial charge in [0.15, 0.2) is 0 Å². The van der Waals surface area contributed by atoms with E-state index in [4.69, 9.17) is 4.74 Å². The Balaban J connectivity index is 0.00000320. The third kappa shape index (κ3) is 7.50. The molecule has 2 N–H and O–H groups in total. The summed E-state index contributed by atoms with van der Waals surface area (Å²) in [6.07, 6.45) is 10.6. The van der Waals surface area contributed by atoms with Crippen molar-refractivity contribution in [2.45, 2.75) is 69.4 Å². The molecule has 0 bridgehead atoms. The molecule has 0 aliphatic heterocycles. The van der Waals surface area contributed by atoms with E-state index in [0.717, 1.165) is 50.6 Å². The highest BCUT2D eigenvalue weighted by atomic mass is 35.5. The zero-order valence-electron chi connectivity index (χ0n) is 18.0. The fourth-order valence-corrected chi connectivity index (χ4v) is 5.23. The van der Waals surface area contributed by atoms with Gasteiger partial charge in [0.1, 0.15) is 0 Å². The minimum atomic E-state index is -3.50. The summed E-state index contributed by atoms with van der Waals surface area (Å²) in [7, 11) is -3.50. The Hall–Kier alpha value is -1.18. The molecular weight excluding hydrogens is 420 g/mol. The van der Waals surface area contributed by atoms with Gasteiger partial charge in [-0.25, -0.2) is 13.1 Å². The molecule has 0 unspecified atom stereocenters. The lowest BCUT2D eigenvalue weighted by molar-refractivity contribution is 0.149. The second-order valence-corrected chi connectivity index (χ2v) is 9.97. The molecule has 30 heavy (non-hydrogen) atoms. The second kappa shape index (κ2) is 12.0. The van der Waals surface area contributed by atoms with E-state index in [9.17, 15) is 8.42 Å². The molecule has 0 spiro atoms. The van der Waals surface area contributed by atoms with Gasteiger partial charge >= 0.3 is 0 Å². The average Bonchev–Trinajstić information content (AvgIpc) is 2.70. The van der Waals surface area contributed by atoms with Crippen LogP contribution in [0.3, 0.4) is 0 Å². The molecule has 0 amide bonds. The van der Waals surface area contributed by atoms with Crippen LogP contribution in [-0.2, 0) is 14.8 Å². The lowest BCUT2D eigenvalue weighted by Gasteiger charge is -2.32. The molecule has 0 radical (unpaired) electrons. The van der Waals surface area contributed by atoms with Crippen molar-refractivity contribution in [3.05, 3.63) is 53.1 Å². The van der Waals surface area contributed by atoms with Gasteiger partial charge in [-0.05, 0) is 57.2 Å². The molecule has 1 fully saturated rings. The Kier molecular flexibility index (Phi) is 10.0. The minimum absolute atomic E-state index is 0. The summed E-state index contributed by atoms with van der Waals surface area (Å²) in [6.45, 7) is 6.16. The fraction of sp³-hybridized carbons (Fsp3) is 0.565. The van der Waals surface area contributed by atoms with Crippen LogP contribution in [0.2, 0.25) is 0 Å². The zero-order chi connectivity index (χ0) is 20.7. The Labute approximate surface area is 187 Å². The van der Waals surface area contributed by atoms with Gasteiger partial charge in [0.25, 0.3) is 0 Å². The molecule has 0 aromatic heterocycles. The van der Waals surface area contributed by atoms with Crippen LogP contribution in [0.25, 0.3) is 0 Å². The Morgan fingerprint density at radius 2 is 1.70 bits per heavy atom. The van der Waals surface area contributed by atoms with E-state index < -0.39 is 10.0 Å². The summed E-state index contributed by atoms with van der Waals surface area (Å²) < 4.78 is 34.3. The van der Waals surface area contributed by atoms with E-state index >= 15 is 0 Å². The number of benzene rings is 1. The average molecular weight is 455 g/mol. The van der Waals surface area contributed by atoms with E-state index in [2.05, 4.69) is 29.1 Å². The monoisotopic (exact) mass is 454 g/mol. The van der Waals surface area contributed by atoms with Gasteiger partial charge in [-0.1, -0.05) is 48.3 Å². The topological polar surface area (TPSA) is 67.4 Å². The number of aryl methyl sites for hydroxylation is 1. The maximum absolute atomic E-state index is 12.8. The van der Waals surface area contributed by atoms with Crippen LogP contribution in [0.15, 0.2) is 52.5 Å². The molecule has 3 rings (SSSR count). The van der Waals surface area contributed by atoms with Gasteiger partial charge < -0.3 is 10.1 Å². The largest absolute Gasteiger partial charge is 0.376 e. The second-order valence-electron chi connectivity index (χ2n) is 8.26. The highest BCUT2D eigenvalue weighted by Crippen LogP contribution is 2.21. The number of hydrogen-bond acceptors (Lipinski definition) is 4. The minimum Gasteiger partial charge on any atom is -0.376 e. The molecule has 7 heteroatoms. The lowest BCUT2D eigenvalue weighted by Crippen LogP contribution is -2.52. The van der Waals surface area contributed by atoms with Crippen molar-refractivity contribution in [3.8, 4) is 0 Å². The summed E-state index contributed by atoms with van der Waals surface area (Å²) in [4.78, 5) is 0.334. The van der Waals surface area contributed by atoms with E-state index in [-0.39, 0.29) is 24.5 Å². The molecule has 1 saturated carbocycles. The molecule has 168 valence electrons. The van der Waals surface area contributed by atoms with Crippen molar-refractivity contribution < 1.29 is 13.2 Å². The van der Waals surface area contributed by atoms with Crippen molar-refractivity contribution in [2.24, 2.45) is 0 Å². The van der Waals surface area contributed by atoms with Crippen LogP contribution < -0.4 is 10.0 Å². The number of halogens is 1. The highest BCUT2D eigenvalue weighted by Gasteiger charge is 2.29. The molecule has 2 aliphatic rings. The molecule has 0 heterocycles. The van der Waals surface area contributed by atoms with Gasteiger partial charge in [0.05, 0.1) is 18.1 Å². The normalized spacial score (nSPS) is 22.1. The van der Waals surface area contributed by atoms with Crippen LogP contribution in [-0.4, -0.2) is 40.3 Å². The predicted octanol–water partition coefficient (Wildman–Crippen LogP) is 4.28. The maximum atomic E-state index is 12.8. The van der Waals surface area contributed by atoms with Crippen LogP contribution in [0.5, 0.6) is 0 Å². The van der Waals surface area contributed by atoms with E-state index in [0.29, 0.717) is 18.1 Å². The van der Waals surface area contributed by atoms with Crippen LogP contribution in [0.1, 0.15) is 51.0 Å². The van der Waals surface area contributed by atoms with Gasteiger partial charge in [-0.2, -0.15) is 0 Å². The van der Waals surface area contributed by atoms with Gasteiger partial charge in [-0.15, -0.1) is 12.4 Å². The summed E-state index contributed by atoms with van der Waals surface area (Å²) in [5.74, 6) is 0. The van der Waals surface area contributed by atoms with Crippen molar-refractivity contribution in [1.29, 1.82) is 0 Å². The van der Waals surface area contributed by atoms with Crippen molar-refractivity contribution >= 4 is 22.4 Å². The number of nitrogens with one attached hydrogen (secondary N) is 2. The third-order valence-corrected chi connectivity index (χ3v) is 7.28. The molecule has 1 aromatic rings. The van der Waals surface area contributed by atoms with Gasteiger partial charge in [-0.3, -0.25) is 0 Å². The lowest BCUT2D eigenvalue weighted by atomic mass is 9.91. The number of rotatable bonds is 9. The Morgan fingerprint density at radius 1 is 1.00 bits per heavy atom. The molecule has 5 nitrogen and oxygen atoms in total. The van der Waals surface area contributed by atoms with Gasteiger partial charge in [0.2, 0.25) is 10.0 Å². The number of allylic oxidation sites excluding steroid dienone is 3. The van der Waals surface area contributed by atoms with Crippen LogP contribution >= 0.6 is 12.4 Å². The molecule has 2 aliphatic carbocycles. The maximum Gasteiger partial charge on any atom is 0.240 e. The summed E-state index contributed by atoms with van der Waals surface area (Å²) in [5.41, 5.74) is 3.82. The SMILES string of the molecule is CC1=CCC(COCCN[C@@H]2CCCC[C@H]2NS(=O)(=O)c2ccc(C)cc2)=CC1.Cl. The summed E-state index contributed by atoms with van der Waals surface area (Å²) in [6, 6.07) is 7.08. The predicted molar refractivity (Wildman–Crippen MR) is 125 cm³/mol. The first-order chi connectivity index (χ1) is 13.9. The zero-order valence-corrected chi connectivity index (χ0v) is 19.7. The highest BCUT2D eigenvalue weighted by molar-refractivity contribution is 7.89. The van der Waals surface area contributed by atoms with Crippen molar-refractivity contribution in [2.75, 3.05) is 19.8 Å². The summed E-state index contributed by atoms with van der Waals surface area (Å²) >= 11 is 0. The van der Waals surface area contributed by atoms with E-state index in [1.54, 1.807) is 12.1 Å². The van der Waals surface area contributed by atoms with Crippen molar-refractivity contribution in [3.63, 3.8) is 0 Å². The molecule has 0 saturated heterocycles. The van der Waals surface area contributed by atoms with Crippen LogP contribution in [0, 0.1) is 6.92 Å². The third-order valence-electron chi connectivity index (χ3n) is 5.77. The number of ether oxygens (including phenoxy) is 1. The number of hydrogen-bond donors (Lipinski definition) is 2. The summed E-state index contributed by atoms with van der Waals surface area (Å²) in [5, 5.41) is 3.52. The van der Waals surface area contributed by atoms with Crippen LogP contribution in [0.4, 0.5) is 0 Å². The van der Waals surface area contributed by atoms with Gasteiger partial charge in [0, 0.05) is 18.6 Å². The fourth-order valence-electron chi connectivity index (χ4n) is 3.92. The standard InChI is InChI=1S/C23H34N2O3S.ClH/c1-18-7-11-20(12-8-18)17-28-16-15-24-22-5-3-4-6-23(22)25-29(26,27)21-13-9-19(2)10-14-21;/h7,9-10,12-14,22-25H,3-6,8,11,15-17H2,1-2H3;1H/t22-,23-;/m1./s1. The molecule has 2 atom stereocenters. The first kappa shape index (κ1) is 25.1. The quantitative estimate of drug-likeness (QED) is 0.431. The van der Waals surface area contributed by atoms with E-state index in [1.807, 2.05) is 19.1 Å². The molecule has 1 aromatic carbocycles. The van der Waals surface area contributed by atoms with E-state index in [1.165, 1.54) is 11.1 Å². The Morgan fingerprint density at radius 3 is 2.37 bits per heavy atom. The first-order valence-electron chi connectivity index (χ1n) is 10.7. The Bertz CT molecular complexity index is 835. The molecular formula is C23H35ClN2O3S. The van der Waals surface area contributed by atoms with Crippen molar-refractivity contribution in [1.82, 2.24) is 10.0 Å².